The Morgan fingerprint density at radius 1 is 1.63 bits per heavy atom. The Labute approximate surface area is 127 Å². The van der Waals surface area contributed by atoms with Crippen LogP contribution in [0.15, 0.2) is 6.07 Å². The maximum absolute atomic E-state index is 11.7. The van der Waals surface area contributed by atoms with Gasteiger partial charge in [-0.1, -0.05) is 30.1 Å². The van der Waals surface area contributed by atoms with Gasteiger partial charge >= 0.3 is 5.97 Å². The highest BCUT2D eigenvalue weighted by molar-refractivity contribution is 7.20. The molecule has 106 valence electrons. The molecule has 1 N–H and O–H groups in total. The lowest BCUT2D eigenvalue weighted by atomic mass is 9.91. The van der Waals surface area contributed by atoms with E-state index in [0.29, 0.717) is 21.5 Å². The highest BCUT2D eigenvalue weighted by Crippen LogP contribution is 2.43. The lowest BCUT2D eigenvalue weighted by Gasteiger charge is -2.38. The van der Waals surface area contributed by atoms with Crippen molar-refractivity contribution in [1.29, 1.82) is 0 Å². The number of nitrogens with zero attached hydrogens (tertiary/aromatic N) is 1. The quantitative estimate of drug-likeness (QED) is 0.890. The summed E-state index contributed by atoms with van der Waals surface area (Å²) in [4.78, 5) is 13.7. The number of rotatable bonds is 4. The summed E-state index contributed by atoms with van der Waals surface area (Å²) in [6, 6.07) is 1.81. The summed E-state index contributed by atoms with van der Waals surface area (Å²) in [7, 11) is 0. The number of likely N-dealkylation sites (tertiary alicyclic amines) is 1. The fourth-order valence-corrected chi connectivity index (χ4v) is 4.66. The highest BCUT2D eigenvalue weighted by Gasteiger charge is 2.48. The summed E-state index contributed by atoms with van der Waals surface area (Å²) in [5.74, 6) is -0.739. The Balaban J connectivity index is 2.35. The van der Waals surface area contributed by atoms with E-state index >= 15 is 0 Å². The maximum atomic E-state index is 11.7. The fraction of sp³-hybridized carbons (Fsp3) is 0.615. The van der Waals surface area contributed by atoms with E-state index in [0.717, 1.165) is 18.5 Å². The summed E-state index contributed by atoms with van der Waals surface area (Å²) in [5.41, 5.74) is 0.162. The largest absolute Gasteiger partial charge is 0.480 e. The van der Waals surface area contributed by atoms with Crippen LogP contribution in [0.5, 0.6) is 0 Å². The third-order valence-corrected chi connectivity index (χ3v) is 5.64. The normalized spacial score (nSPS) is 25.7. The minimum atomic E-state index is -0.767. The predicted molar refractivity (Wildman–Crippen MR) is 79.4 cm³/mol. The van der Waals surface area contributed by atoms with E-state index in [1.54, 1.807) is 0 Å². The van der Waals surface area contributed by atoms with Gasteiger partial charge in [0.25, 0.3) is 0 Å². The van der Waals surface area contributed by atoms with Crippen molar-refractivity contribution in [2.75, 3.05) is 6.54 Å². The van der Waals surface area contributed by atoms with Crippen LogP contribution in [0.25, 0.3) is 0 Å². The molecule has 1 saturated heterocycles. The van der Waals surface area contributed by atoms with Crippen LogP contribution in [0.2, 0.25) is 8.67 Å². The lowest BCUT2D eigenvalue weighted by Crippen LogP contribution is -2.50. The van der Waals surface area contributed by atoms with Crippen LogP contribution in [0.3, 0.4) is 0 Å². The summed E-state index contributed by atoms with van der Waals surface area (Å²) in [5, 5.41) is 9.61. The van der Waals surface area contributed by atoms with E-state index in [-0.39, 0.29) is 6.04 Å². The van der Waals surface area contributed by atoms with Crippen molar-refractivity contribution in [3.05, 3.63) is 20.3 Å². The van der Waals surface area contributed by atoms with Crippen LogP contribution in [0, 0.1) is 0 Å². The number of hydrogen-bond acceptors (Lipinski definition) is 3. The molecule has 0 saturated carbocycles. The number of aliphatic carboxylic acids is 1. The van der Waals surface area contributed by atoms with Crippen molar-refractivity contribution < 1.29 is 9.90 Å². The second-order valence-electron chi connectivity index (χ2n) is 4.94. The molecule has 2 heterocycles. The van der Waals surface area contributed by atoms with Gasteiger partial charge in [-0.25, -0.2) is 0 Å². The van der Waals surface area contributed by atoms with Gasteiger partial charge in [-0.2, -0.15) is 0 Å². The summed E-state index contributed by atoms with van der Waals surface area (Å²) >= 11 is 13.5. The molecule has 6 heteroatoms. The van der Waals surface area contributed by atoms with Gasteiger partial charge in [-0.05, 0) is 38.8 Å². The van der Waals surface area contributed by atoms with E-state index in [1.165, 1.54) is 11.3 Å². The Hall–Kier alpha value is -0.290. The first-order chi connectivity index (χ1) is 8.92. The fourth-order valence-electron chi connectivity index (χ4n) is 3.03. The number of halogens is 2. The van der Waals surface area contributed by atoms with Crippen molar-refractivity contribution in [2.45, 2.75) is 44.7 Å². The van der Waals surface area contributed by atoms with Crippen LogP contribution >= 0.6 is 34.5 Å². The third-order valence-electron chi connectivity index (χ3n) is 4.12. The highest BCUT2D eigenvalue weighted by atomic mass is 35.5. The number of carboxylic acid groups (broad SMARTS) is 1. The maximum Gasteiger partial charge on any atom is 0.324 e. The molecule has 1 fully saturated rings. The number of carbonyl (C=O) groups is 1. The second-order valence-corrected chi connectivity index (χ2v) is 7.23. The van der Waals surface area contributed by atoms with Gasteiger partial charge in [0.05, 0.1) is 8.67 Å². The van der Waals surface area contributed by atoms with Crippen LogP contribution < -0.4 is 0 Å². The SMILES string of the molecule is CCC1(C(=O)O)CCCN1C(C)c1cc(Cl)sc1Cl. The minimum Gasteiger partial charge on any atom is -0.480 e. The zero-order chi connectivity index (χ0) is 14.2. The zero-order valence-corrected chi connectivity index (χ0v) is 13.3. The first kappa shape index (κ1) is 15.1. The Bertz CT molecular complexity index is 491. The van der Waals surface area contributed by atoms with Gasteiger partial charge in [0.2, 0.25) is 0 Å². The number of carboxylic acids is 1. The van der Waals surface area contributed by atoms with Gasteiger partial charge in [-0.15, -0.1) is 11.3 Å². The number of thiophene rings is 1. The molecule has 1 aliphatic rings. The van der Waals surface area contributed by atoms with E-state index in [2.05, 4.69) is 4.90 Å². The average molecular weight is 322 g/mol. The third kappa shape index (κ3) is 2.51. The lowest BCUT2D eigenvalue weighted by molar-refractivity contribution is -0.151. The van der Waals surface area contributed by atoms with Crippen molar-refractivity contribution in [3.8, 4) is 0 Å². The smallest absolute Gasteiger partial charge is 0.324 e. The average Bonchev–Trinajstić information content (AvgIpc) is 2.92. The van der Waals surface area contributed by atoms with Crippen molar-refractivity contribution in [3.63, 3.8) is 0 Å². The molecule has 1 aromatic rings. The molecule has 2 unspecified atom stereocenters. The van der Waals surface area contributed by atoms with Crippen molar-refractivity contribution in [2.24, 2.45) is 0 Å². The van der Waals surface area contributed by atoms with E-state index in [1.807, 2.05) is 19.9 Å². The topological polar surface area (TPSA) is 40.5 Å². The standard InChI is InChI=1S/C13H17Cl2NO2S/c1-3-13(12(17)18)5-4-6-16(13)8(2)9-7-10(14)19-11(9)15/h7-8H,3-6H2,1-2H3,(H,17,18). The molecular formula is C13H17Cl2NO2S. The summed E-state index contributed by atoms with van der Waals surface area (Å²) in [6.45, 7) is 4.72. The first-order valence-corrected chi connectivity index (χ1v) is 7.94. The van der Waals surface area contributed by atoms with Gasteiger partial charge in [0, 0.05) is 11.6 Å². The molecular weight excluding hydrogens is 305 g/mol. The summed E-state index contributed by atoms with van der Waals surface area (Å²) in [6.07, 6.45) is 2.20. The molecule has 0 spiro atoms. The zero-order valence-electron chi connectivity index (χ0n) is 10.9. The predicted octanol–water partition coefficient (Wildman–Crippen LogP) is 4.45. The molecule has 0 amide bonds. The minimum absolute atomic E-state index is 0.0326. The summed E-state index contributed by atoms with van der Waals surface area (Å²) < 4.78 is 1.29. The van der Waals surface area contributed by atoms with Crippen molar-refractivity contribution >= 4 is 40.5 Å². The molecule has 0 radical (unpaired) electrons. The van der Waals surface area contributed by atoms with E-state index in [4.69, 9.17) is 23.2 Å². The van der Waals surface area contributed by atoms with Gasteiger partial charge in [0.1, 0.15) is 5.54 Å². The van der Waals surface area contributed by atoms with Gasteiger partial charge in [-0.3, -0.25) is 9.69 Å². The monoisotopic (exact) mass is 321 g/mol. The van der Waals surface area contributed by atoms with Crippen LogP contribution in [-0.2, 0) is 4.79 Å². The first-order valence-electron chi connectivity index (χ1n) is 6.37. The molecule has 0 aliphatic carbocycles. The van der Waals surface area contributed by atoms with Crippen LogP contribution in [0.4, 0.5) is 0 Å². The second kappa shape index (κ2) is 5.60. The van der Waals surface area contributed by atoms with Crippen LogP contribution in [0.1, 0.15) is 44.7 Å². The molecule has 19 heavy (non-hydrogen) atoms. The van der Waals surface area contributed by atoms with E-state index in [9.17, 15) is 9.90 Å². The molecule has 1 aromatic heterocycles. The Morgan fingerprint density at radius 2 is 2.32 bits per heavy atom. The molecule has 2 rings (SSSR count). The molecule has 3 nitrogen and oxygen atoms in total. The molecule has 0 bridgehead atoms. The molecule has 1 aliphatic heterocycles. The molecule has 2 atom stereocenters. The van der Waals surface area contributed by atoms with Gasteiger partial charge in [0.15, 0.2) is 0 Å². The Kier molecular flexibility index (Phi) is 4.45. The molecule has 0 aromatic carbocycles. The van der Waals surface area contributed by atoms with Gasteiger partial charge < -0.3 is 5.11 Å². The van der Waals surface area contributed by atoms with Crippen molar-refractivity contribution in [1.82, 2.24) is 4.90 Å². The number of hydrogen-bond donors (Lipinski definition) is 1. The Morgan fingerprint density at radius 3 is 2.79 bits per heavy atom. The van der Waals surface area contributed by atoms with E-state index < -0.39 is 11.5 Å². The van der Waals surface area contributed by atoms with Crippen LogP contribution in [-0.4, -0.2) is 28.1 Å².